The number of thioether (sulfide) groups is 1. The van der Waals surface area contributed by atoms with E-state index < -0.39 is 74.3 Å². The Labute approximate surface area is 336 Å². The Morgan fingerprint density at radius 3 is 2.56 bits per heavy atom. The molecule has 0 unspecified atom stereocenters. The van der Waals surface area contributed by atoms with Gasteiger partial charge in [-0.3, -0.25) is 19.1 Å². The molecule has 3 aromatic rings. The first-order valence-corrected chi connectivity index (χ1v) is 22.0. The number of carbonyl (C=O) groups is 4. The van der Waals surface area contributed by atoms with Gasteiger partial charge in [0.15, 0.2) is 0 Å². The number of hydrogen-bond acceptors (Lipinski definition) is 11. The Bertz CT molecular complexity index is 2170. The average Bonchev–Trinajstić information content (AvgIpc) is 4.09. The van der Waals surface area contributed by atoms with Gasteiger partial charge in [-0.1, -0.05) is 42.5 Å². The van der Waals surface area contributed by atoms with Gasteiger partial charge in [0.25, 0.3) is 5.91 Å². The van der Waals surface area contributed by atoms with Crippen molar-refractivity contribution in [2.45, 2.75) is 93.9 Å². The normalized spacial score (nSPS) is 26.1. The molecular formula is C41H49N5O9S2. The molecule has 1 saturated heterocycles. The molecule has 304 valence electrons. The predicted octanol–water partition coefficient (Wildman–Crippen LogP) is 4.72. The van der Waals surface area contributed by atoms with Gasteiger partial charge in [-0.2, -0.15) is 11.8 Å². The van der Waals surface area contributed by atoms with Crippen LogP contribution in [0, 0.1) is 5.92 Å². The molecule has 0 bridgehead atoms. The first kappa shape index (κ1) is 40.4. The molecule has 0 spiro atoms. The van der Waals surface area contributed by atoms with Gasteiger partial charge in [-0.15, -0.1) is 0 Å². The van der Waals surface area contributed by atoms with E-state index in [1.165, 1.54) is 16.7 Å². The average molecular weight is 820 g/mol. The maximum atomic E-state index is 14.6. The van der Waals surface area contributed by atoms with Crippen LogP contribution < -0.4 is 24.8 Å². The van der Waals surface area contributed by atoms with Crippen LogP contribution in [0.4, 0.5) is 4.79 Å². The summed E-state index contributed by atoms with van der Waals surface area (Å²) in [6.07, 6.45) is 4.93. The summed E-state index contributed by atoms with van der Waals surface area (Å²) in [5.74, 6) is -0.380. The summed E-state index contributed by atoms with van der Waals surface area (Å²) in [6.45, 7) is 5.16. The second-order valence-electron chi connectivity index (χ2n) is 16.0. The zero-order valence-electron chi connectivity index (χ0n) is 32.5. The van der Waals surface area contributed by atoms with Crippen LogP contribution in [0.25, 0.3) is 22.2 Å². The maximum Gasteiger partial charge on any atom is 0.408 e. The van der Waals surface area contributed by atoms with E-state index in [4.69, 9.17) is 19.2 Å². The molecule has 16 heteroatoms. The minimum atomic E-state index is -3.91. The van der Waals surface area contributed by atoms with Crippen LogP contribution in [0.1, 0.15) is 59.3 Å². The molecule has 2 aliphatic carbocycles. The summed E-state index contributed by atoms with van der Waals surface area (Å²) in [5.41, 5.74) is -0.215. The molecule has 4 amide bonds. The third kappa shape index (κ3) is 9.33. The monoisotopic (exact) mass is 819 g/mol. The highest BCUT2D eigenvalue weighted by molar-refractivity contribution is 7.99. The molecule has 2 aromatic carbocycles. The summed E-state index contributed by atoms with van der Waals surface area (Å²) in [5, 5.41) is 5.70. The number of sulfonamides is 1. The van der Waals surface area contributed by atoms with Crippen molar-refractivity contribution in [2.24, 2.45) is 5.92 Å². The van der Waals surface area contributed by atoms with Gasteiger partial charge < -0.3 is 29.7 Å². The fourth-order valence-corrected chi connectivity index (χ4v) is 9.63. The largest absolute Gasteiger partial charge is 0.497 e. The molecule has 4 aliphatic rings. The molecule has 3 heterocycles. The smallest absolute Gasteiger partial charge is 0.408 e. The summed E-state index contributed by atoms with van der Waals surface area (Å²) in [4.78, 5) is 62.3. The molecule has 2 saturated carbocycles. The number of allylic oxidation sites excluding steroid dienone is 1. The number of nitrogens with one attached hydrogen (secondary N) is 3. The highest BCUT2D eigenvalue weighted by atomic mass is 32.2. The zero-order chi connectivity index (χ0) is 40.5. The lowest BCUT2D eigenvalue weighted by molar-refractivity contribution is -0.140. The molecule has 3 fully saturated rings. The number of methoxy groups -OCH3 is 1. The SMILES string of the molecule is COc1ccc2c(O[C@@H]3C[C@H]4C(=O)N[C@]5(C(=O)NS(=O)(=O)C6CC6)C[C@H]5/C=C\CCCSC[C@@H](NC(=O)OC(C)(C)C)C(=O)N4C3)cc(-c3ccccc3)nc2c1. The lowest BCUT2D eigenvalue weighted by atomic mass is 10.1. The number of fused-ring (bicyclic) bond motifs is 3. The van der Waals surface area contributed by atoms with E-state index in [1.54, 1.807) is 33.9 Å². The number of alkyl carbamates (subject to hydrolysis) is 1. The standard InChI is InChI=1S/C41H49N5O9S2/c1-40(2,3)55-39(50)43-33-24-56-18-10-6-9-13-26-22-41(26,38(49)45-57(51,52)29-15-16-29)44-36(47)34-20-28(23-46(34)37(33)48)54-35-21-31(25-11-7-5-8-12-25)42-32-19-27(53-4)14-17-30(32)35/h5,7-9,11-14,17,19,21,26,28-29,33-34H,6,10,15-16,18,20,22-24H2,1-4H3,(H,43,50)(H,44,47)(H,45,49)/b13-9-/t26-,28-,33-,34+,41-/m1/s1. The summed E-state index contributed by atoms with van der Waals surface area (Å²) >= 11 is 1.50. The van der Waals surface area contributed by atoms with Crippen molar-refractivity contribution in [1.29, 1.82) is 0 Å². The summed E-state index contributed by atoms with van der Waals surface area (Å²) < 4.78 is 45.7. The van der Waals surface area contributed by atoms with Crippen molar-refractivity contribution in [2.75, 3.05) is 25.2 Å². The predicted molar refractivity (Wildman–Crippen MR) is 216 cm³/mol. The number of ether oxygens (including phenoxy) is 3. The van der Waals surface area contributed by atoms with Crippen LogP contribution in [0.5, 0.6) is 11.5 Å². The van der Waals surface area contributed by atoms with Crippen molar-refractivity contribution >= 4 is 56.5 Å². The highest BCUT2D eigenvalue weighted by Gasteiger charge is 2.62. The number of hydrogen-bond donors (Lipinski definition) is 3. The first-order chi connectivity index (χ1) is 27.2. The van der Waals surface area contributed by atoms with Crippen LogP contribution in [0.2, 0.25) is 0 Å². The zero-order valence-corrected chi connectivity index (χ0v) is 34.1. The fraction of sp³-hybridized carbons (Fsp3) is 0.488. The van der Waals surface area contributed by atoms with E-state index in [1.807, 2.05) is 60.7 Å². The van der Waals surface area contributed by atoms with Crippen LogP contribution >= 0.6 is 11.8 Å². The topological polar surface area (TPSA) is 182 Å². The van der Waals surface area contributed by atoms with Gasteiger partial charge >= 0.3 is 6.09 Å². The van der Waals surface area contributed by atoms with Crippen molar-refractivity contribution in [3.05, 3.63) is 66.7 Å². The van der Waals surface area contributed by atoms with Crippen molar-refractivity contribution < 1.29 is 41.8 Å². The fourth-order valence-electron chi connectivity index (χ4n) is 7.27. The Kier molecular flexibility index (Phi) is 11.5. The van der Waals surface area contributed by atoms with Gasteiger partial charge in [0.1, 0.15) is 40.8 Å². The lowest BCUT2D eigenvalue weighted by Crippen LogP contribution is -2.58. The second-order valence-corrected chi connectivity index (χ2v) is 19.1. The Morgan fingerprint density at radius 2 is 1.84 bits per heavy atom. The molecule has 57 heavy (non-hydrogen) atoms. The number of aromatic nitrogens is 1. The minimum absolute atomic E-state index is 0.0205. The second kappa shape index (κ2) is 16.2. The Morgan fingerprint density at radius 1 is 1.07 bits per heavy atom. The summed E-state index contributed by atoms with van der Waals surface area (Å²) in [6, 6.07) is 14.7. The third-order valence-corrected chi connectivity index (χ3v) is 13.4. The summed E-state index contributed by atoms with van der Waals surface area (Å²) in [7, 11) is -2.33. The van der Waals surface area contributed by atoms with Gasteiger partial charge in [0.2, 0.25) is 21.8 Å². The van der Waals surface area contributed by atoms with Crippen LogP contribution in [0.15, 0.2) is 66.7 Å². The third-order valence-electron chi connectivity index (χ3n) is 10.5. The van der Waals surface area contributed by atoms with Crippen molar-refractivity contribution in [3.63, 3.8) is 0 Å². The van der Waals surface area contributed by atoms with E-state index >= 15 is 0 Å². The van der Waals surface area contributed by atoms with E-state index in [2.05, 4.69) is 15.4 Å². The van der Waals surface area contributed by atoms with Crippen LogP contribution in [-0.2, 0) is 29.1 Å². The number of nitrogens with zero attached hydrogens (tertiary/aromatic N) is 2. The number of carbonyl (C=O) groups excluding carboxylic acids is 4. The van der Waals surface area contributed by atoms with Gasteiger partial charge in [0.05, 0.1) is 30.1 Å². The number of rotatable bonds is 8. The molecule has 14 nitrogen and oxygen atoms in total. The van der Waals surface area contributed by atoms with E-state index in [-0.39, 0.29) is 25.1 Å². The molecule has 2 aliphatic heterocycles. The highest BCUT2D eigenvalue weighted by Crippen LogP contribution is 2.46. The quantitative estimate of drug-likeness (QED) is 0.268. The molecule has 5 atom stereocenters. The number of benzene rings is 2. The van der Waals surface area contributed by atoms with Crippen molar-refractivity contribution in [1.82, 2.24) is 25.2 Å². The number of pyridine rings is 1. The Hall–Kier alpha value is -4.83. The molecular weight excluding hydrogens is 771 g/mol. The van der Waals surface area contributed by atoms with Gasteiger partial charge in [-0.05, 0) is 70.8 Å². The van der Waals surface area contributed by atoms with Crippen LogP contribution in [0.3, 0.4) is 0 Å². The first-order valence-electron chi connectivity index (χ1n) is 19.3. The van der Waals surface area contributed by atoms with Crippen LogP contribution in [-0.4, -0.2) is 102 Å². The molecule has 7 rings (SSSR count). The van der Waals surface area contributed by atoms with E-state index in [0.717, 1.165) is 12.0 Å². The Balaban J connectivity index is 1.23. The minimum Gasteiger partial charge on any atom is -0.497 e. The maximum absolute atomic E-state index is 14.6. The van der Waals surface area contributed by atoms with E-state index in [9.17, 15) is 27.6 Å². The van der Waals surface area contributed by atoms with Gasteiger partial charge in [-0.25, -0.2) is 18.2 Å². The molecule has 1 aromatic heterocycles. The number of amides is 4. The molecule has 3 N–H and O–H groups in total. The van der Waals surface area contributed by atoms with Gasteiger partial charge in [0, 0.05) is 41.2 Å². The van der Waals surface area contributed by atoms with Crippen molar-refractivity contribution in [3.8, 4) is 22.8 Å². The molecule has 0 radical (unpaired) electrons. The lowest BCUT2D eigenvalue weighted by Gasteiger charge is -2.30. The van der Waals surface area contributed by atoms with E-state index in [0.29, 0.717) is 53.1 Å².